The molecule has 0 aromatic carbocycles. The maximum absolute atomic E-state index is 8.74. The van der Waals surface area contributed by atoms with Crippen molar-refractivity contribution in [3.05, 3.63) is 0 Å². The van der Waals surface area contributed by atoms with Crippen molar-refractivity contribution in [2.75, 3.05) is 6.61 Å². The molecule has 0 radical (unpaired) electrons. The lowest BCUT2D eigenvalue weighted by molar-refractivity contribution is 0.216. The molecule has 0 aliphatic heterocycles. The molecule has 8 nitrogen and oxygen atoms in total. The third kappa shape index (κ3) is 98.8. The van der Waals surface area contributed by atoms with Crippen LogP contribution in [0, 0.1) is 0 Å². The van der Waals surface area contributed by atoms with E-state index in [0.29, 0.717) is 6.61 Å². The van der Waals surface area contributed by atoms with Gasteiger partial charge < -0.3 is 22.5 Å². The Hall–Kier alpha value is -0.290. The second-order valence-electron chi connectivity index (χ2n) is 5.45. The Morgan fingerprint density at radius 2 is 0.958 bits per heavy atom. The van der Waals surface area contributed by atoms with Gasteiger partial charge in [-0.3, -0.25) is 9.11 Å². The second kappa shape index (κ2) is 27.6. The van der Waals surface area contributed by atoms with Crippen molar-refractivity contribution >= 4 is 10.4 Å². The minimum absolute atomic E-state index is 0. The predicted molar refractivity (Wildman–Crippen MR) is 101 cm³/mol. The van der Waals surface area contributed by atoms with Crippen LogP contribution in [0.15, 0.2) is 0 Å². The van der Waals surface area contributed by atoms with Crippen LogP contribution in [0.25, 0.3) is 0 Å². The van der Waals surface area contributed by atoms with Gasteiger partial charge in [0, 0.05) is 12.7 Å². The van der Waals surface area contributed by atoms with E-state index in [2.05, 4.69) is 6.92 Å². The molecule has 0 saturated heterocycles. The van der Waals surface area contributed by atoms with E-state index in [1.54, 1.807) is 13.8 Å². The van der Waals surface area contributed by atoms with Crippen LogP contribution in [-0.4, -0.2) is 40.4 Å². The number of hydrogen-bond donors (Lipinski definition) is 6. The van der Waals surface area contributed by atoms with Crippen LogP contribution in [0.5, 0.6) is 0 Å². The van der Waals surface area contributed by atoms with E-state index in [4.69, 9.17) is 27.7 Å². The summed E-state index contributed by atoms with van der Waals surface area (Å²) in [6.07, 6.45) is 13.1. The summed E-state index contributed by atoms with van der Waals surface area (Å²) in [6.45, 7) is 6.07. The standard InChI is InChI=1S/C12H26O.C3H8O.2H3N.H2O4S/c1-2-3-4-5-6-7-8-9-10-11-12-13;1-3(2)4;;;1-5(2,3)4/h13H,2-12H2,1H3;3-4H,1-2H3;2*1H3;(H2,1,2,3,4). The maximum Gasteiger partial charge on any atom is 0.394 e. The SMILES string of the molecule is CC(C)O.CCCCCCCCCCCCO.N.N.O=S(=O)(O)O. The molecule has 154 valence electrons. The normalized spacial score (nSPS) is 9.67. The summed E-state index contributed by atoms with van der Waals surface area (Å²) in [5.41, 5.74) is 0. The molecule has 9 heteroatoms. The third-order valence-electron chi connectivity index (χ3n) is 2.51. The molecule has 0 amide bonds. The van der Waals surface area contributed by atoms with Crippen LogP contribution in [0.2, 0.25) is 0 Å². The minimum atomic E-state index is -4.67. The molecule has 10 N–H and O–H groups in total. The molecule has 0 aliphatic carbocycles. The maximum atomic E-state index is 8.74. The topological polar surface area (TPSA) is 185 Å². The molecule has 0 saturated carbocycles. The fraction of sp³-hybridized carbons (Fsp3) is 1.00. The lowest BCUT2D eigenvalue weighted by Crippen LogP contribution is -1.89. The lowest BCUT2D eigenvalue weighted by Gasteiger charge is -2.00. The van der Waals surface area contributed by atoms with Crippen molar-refractivity contribution in [3.63, 3.8) is 0 Å². The fourth-order valence-corrected chi connectivity index (χ4v) is 1.60. The van der Waals surface area contributed by atoms with Gasteiger partial charge in [0.1, 0.15) is 0 Å². The summed E-state index contributed by atoms with van der Waals surface area (Å²) in [6, 6.07) is 0. The zero-order valence-corrected chi connectivity index (χ0v) is 16.6. The smallest absolute Gasteiger partial charge is 0.394 e. The van der Waals surface area contributed by atoms with E-state index in [9.17, 15) is 0 Å². The second-order valence-corrected chi connectivity index (χ2v) is 6.34. The van der Waals surface area contributed by atoms with Crippen molar-refractivity contribution in [2.45, 2.75) is 91.1 Å². The minimum Gasteiger partial charge on any atom is -0.396 e. The van der Waals surface area contributed by atoms with Gasteiger partial charge in [-0.15, -0.1) is 0 Å². The lowest BCUT2D eigenvalue weighted by atomic mass is 10.1. The van der Waals surface area contributed by atoms with Gasteiger partial charge in [0.05, 0.1) is 0 Å². The highest BCUT2D eigenvalue weighted by molar-refractivity contribution is 7.79. The molecule has 0 spiro atoms. The first-order chi connectivity index (χ1) is 10.1. The van der Waals surface area contributed by atoms with Crippen molar-refractivity contribution in [3.8, 4) is 0 Å². The quantitative estimate of drug-likeness (QED) is 0.243. The number of aliphatic hydroxyl groups is 2. The molecular formula is C15H42N2O6S. The largest absolute Gasteiger partial charge is 0.396 e. The fourth-order valence-electron chi connectivity index (χ4n) is 1.60. The summed E-state index contributed by atoms with van der Waals surface area (Å²) in [4.78, 5) is 0. The number of aliphatic hydroxyl groups excluding tert-OH is 2. The highest BCUT2D eigenvalue weighted by atomic mass is 32.3. The first kappa shape index (κ1) is 34.9. The van der Waals surface area contributed by atoms with Crippen LogP contribution in [0.3, 0.4) is 0 Å². The van der Waals surface area contributed by atoms with E-state index in [0.717, 1.165) is 6.42 Å². The monoisotopic (exact) mass is 378 g/mol. The van der Waals surface area contributed by atoms with Crippen LogP contribution in [0.4, 0.5) is 0 Å². The van der Waals surface area contributed by atoms with Gasteiger partial charge in [0.15, 0.2) is 0 Å². The molecular weight excluding hydrogens is 336 g/mol. The first-order valence-corrected chi connectivity index (χ1v) is 9.53. The molecule has 24 heavy (non-hydrogen) atoms. The van der Waals surface area contributed by atoms with Crippen molar-refractivity contribution in [2.24, 2.45) is 0 Å². The Labute approximate surface area is 148 Å². The van der Waals surface area contributed by atoms with Gasteiger partial charge in [-0.05, 0) is 20.3 Å². The Morgan fingerprint density at radius 3 is 1.17 bits per heavy atom. The zero-order chi connectivity index (χ0) is 17.9. The van der Waals surface area contributed by atoms with E-state index in [1.807, 2.05) is 0 Å². The van der Waals surface area contributed by atoms with Crippen LogP contribution >= 0.6 is 0 Å². The van der Waals surface area contributed by atoms with Crippen molar-refractivity contribution in [1.29, 1.82) is 0 Å². The average Bonchev–Trinajstić information content (AvgIpc) is 2.34. The van der Waals surface area contributed by atoms with Gasteiger partial charge in [-0.25, -0.2) is 0 Å². The molecule has 0 aliphatic rings. The van der Waals surface area contributed by atoms with Crippen LogP contribution in [0.1, 0.15) is 85.0 Å². The molecule has 0 aromatic heterocycles. The number of unbranched alkanes of at least 4 members (excludes halogenated alkanes) is 9. The van der Waals surface area contributed by atoms with E-state index >= 15 is 0 Å². The Bertz CT molecular complexity index is 267. The highest BCUT2D eigenvalue weighted by Gasteiger charge is 1.91. The van der Waals surface area contributed by atoms with Crippen molar-refractivity contribution in [1.82, 2.24) is 12.3 Å². The first-order valence-electron chi connectivity index (χ1n) is 8.13. The average molecular weight is 379 g/mol. The Kier molecular flexibility index (Phi) is 40.1. The Morgan fingerprint density at radius 1 is 0.750 bits per heavy atom. The Balaban J connectivity index is -0.0000000919. The van der Waals surface area contributed by atoms with Gasteiger partial charge in [-0.1, -0.05) is 64.7 Å². The van der Waals surface area contributed by atoms with Gasteiger partial charge >= 0.3 is 10.4 Å². The summed E-state index contributed by atoms with van der Waals surface area (Å²) in [5.74, 6) is 0. The molecule has 0 atom stereocenters. The van der Waals surface area contributed by atoms with Crippen LogP contribution in [-0.2, 0) is 10.4 Å². The zero-order valence-electron chi connectivity index (χ0n) is 15.8. The summed E-state index contributed by atoms with van der Waals surface area (Å²) in [5, 5.41) is 16.6. The van der Waals surface area contributed by atoms with Crippen LogP contribution < -0.4 is 12.3 Å². The summed E-state index contributed by atoms with van der Waals surface area (Å²) < 4.78 is 31.6. The van der Waals surface area contributed by atoms with Gasteiger partial charge in [-0.2, -0.15) is 8.42 Å². The molecule has 0 heterocycles. The molecule has 0 aromatic rings. The van der Waals surface area contributed by atoms with Gasteiger partial charge in [0.25, 0.3) is 0 Å². The number of rotatable bonds is 10. The van der Waals surface area contributed by atoms with E-state index in [1.165, 1.54) is 57.8 Å². The van der Waals surface area contributed by atoms with E-state index < -0.39 is 10.4 Å². The summed E-state index contributed by atoms with van der Waals surface area (Å²) in [7, 11) is -4.67. The predicted octanol–water partition coefficient (Wildman–Crippen LogP) is 3.96. The van der Waals surface area contributed by atoms with E-state index in [-0.39, 0.29) is 18.4 Å². The molecule has 0 bridgehead atoms. The molecule has 0 unspecified atom stereocenters. The summed E-state index contributed by atoms with van der Waals surface area (Å²) >= 11 is 0. The van der Waals surface area contributed by atoms with Gasteiger partial charge in [0.2, 0.25) is 0 Å². The highest BCUT2D eigenvalue weighted by Crippen LogP contribution is 2.09. The molecule has 0 fully saturated rings. The third-order valence-corrected chi connectivity index (χ3v) is 2.51. The van der Waals surface area contributed by atoms with Crippen molar-refractivity contribution < 1.29 is 27.7 Å². The molecule has 0 rings (SSSR count). The number of hydrogen-bond acceptors (Lipinski definition) is 6.